The van der Waals surface area contributed by atoms with E-state index in [0.29, 0.717) is 16.9 Å². The van der Waals surface area contributed by atoms with Gasteiger partial charge in [-0.25, -0.2) is 0 Å². The van der Waals surface area contributed by atoms with E-state index in [4.69, 9.17) is 4.42 Å². The maximum atomic E-state index is 11.7. The molecule has 2 aromatic heterocycles. The minimum Gasteiger partial charge on any atom is -0.410 e. The molecule has 0 unspecified atom stereocenters. The highest BCUT2D eigenvalue weighted by Crippen LogP contribution is 2.37. The van der Waals surface area contributed by atoms with Gasteiger partial charge < -0.3 is 9.73 Å². The number of aromatic nitrogens is 2. The Kier molecular flexibility index (Phi) is 5.94. The van der Waals surface area contributed by atoms with Crippen molar-refractivity contribution in [3.63, 3.8) is 0 Å². The first-order chi connectivity index (χ1) is 11.7. The van der Waals surface area contributed by atoms with Crippen molar-refractivity contribution in [1.29, 1.82) is 0 Å². The SMILES string of the molecule is CCCCNC(=O)CSc1nnc(-c2cc3c(s2)CC[C@H](C)C3)o1. The first-order valence-corrected chi connectivity index (χ1v) is 10.3. The zero-order valence-electron chi connectivity index (χ0n) is 14.1. The molecule has 130 valence electrons. The molecule has 24 heavy (non-hydrogen) atoms. The van der Waals surface area contributed by atoms with Crippen molar-refractivity contribution < 1.29 is 9.21 Å². The third kappa shape index (κ3) is 4.39. The number of aryl methyl sites for hydroxylation is 1. The van der Waals surface area contributed by atoms with Gasteiger partial charge in [0.1, 0.15) is 0 Å². The molecule has 1 N–H and O–H groups in total. The molecule has 1 aliphatic rings. The Bertz CT molecular complexity index is 696. The highest BCUT2D eigenvalue weighted by atomic mass is 32.2. The third-order valence-electron chi connectivity index (χ3n) is 4.13. The number of hydrogen-bond acceptors (Lipinski definition) is 6. The van der Waals surface area contributed by atoms with Gasteiger partial charge in [-0.1, -0.05) is 32.0 Å². The molecule has 0 aromatic carbocycles. The molecule has 5 nitrogen and oxygen atoms in total. The third-order valence-corrected chi connectivity index (χ3v) is 6.17. The fourth-order valence-corrected chi connectivity index (χ4v) is 4.48. The summed E-state index contributed by atoms with van der Waals surface area (Å²) in [5.41, 5.74) is 1.43. The maximum absolute atomic E-state index is 11.7. The summed E-state index contributed by atoms with van der Waals surface area (Å²) in [5, 5.41) is 11.5. The van der Waals surface area contributed by atoms with Crippen LogP contribution in [0.25, 0.3) is 10.8 Å². The van der Waals surface area contributed by atoms with E-state index in [0.717, 1.165) is 43.0 Å². The predicted molar refractivity (Wildman–Crippen MR) is 97.4 cm³/mol. The highest BCUT2D eigenvalue weighted by molar-refractivity contribution is 7.99. The lowest BCUT2D eigenvalue weighted by Crippen LogP contribution is -2.25. The monoisotopic (exact) mass is 365 g/mol. The number of rotatable bonds is 7. The zero-order valence-corrected chi connectivity index (χ0v) is 15.8. The van der Waals surface area contributed by atoms with E-state index in [1.807, 2.05) is 0 Å². The number of amides is 1. The second-order valence-electron chi connectivity index (χ2n) is 6.27. The van der Waals surface area contributed by atoms with Gasteiger partial charge in [-0.15, -0.1) is 21.5 Å². The molecule has 0 bridgehead atoms. The first-order valence-electron chi connectivity index (χ1n) is 8.50. The lowest BCUT2D eigenvalue weighted by atomic mass is 9.90. The van der Waals surface area contributed by atoms with Crippen LogP contribution in [0.2, 0.25) is 0 Å². The fourth-order valence-electron chi connectivity index (χ4n) is 2.76. The lowest BCUT2D eigenvalue weighted by Gasteiger charge is -2.16. The van der Waals surface area contributed by atoms with E-state index >= 15 is 0 Å². The van der Waals surface area contributed by atoms with Crippen molar-refractivity contribution in [1.82, 2.24) is 15.5 Å². The van der Waals surface area contributed by atoms with Gasteiger partial charge >= 0.3 is 0 Å². The van der Waals surface area contributed by atoms with Gasteiger partial charge in [0, 0.05) is 11.4 Å². The molecule has 2 aromatic rings. The normalized spacial score (nSPS) is 16.8. The molecule has 2 heterocycles. The number of fused-ring (bicyclic) bond motifs is 1. The van der Waals surface area contributed by atoms with Crippen LogP contribution in [0.3, 0.4) is 0 Å². The molecular formula is C17H23N3O2S2. The van der Waals surface area contributed by atoms with Crippen molar-refractivity contribution in [3.8, 4) is 10.8 Å². The number of carbonyl (C=O) groups is 1. The first kappa shape index (κ1) is 17.5. The number of thiophene rings is 1. The van der Waals surface area contributed by atoms with Crippen LogP contribution in [0.5, 0.6) is 0 Å². The molecule has 1 amide bonds. The van der Waals surface area contributed by atoms with Crippen molar-refractivity contribution in [2.24, 2.45) is 5.92 Å². The Morgan fingerprint density at radius 1 is 1.50 bits per heavy atom. The molecule has 0 radical (unpaired) electrons. The molecule has 0 aliphatic heterocycles. The Balaban J connectivity index is 1.57. The highest BCUT2D eigenvalue weighted by Gasteiger charge is 2.21. The minimum atomic E-state index is 0.00813. The molecule has 1 aliphatic carbocycles. The van der Waals surface area contributed by atoms with E-state index in [-0.39, 0.29) is 5.91 Å². The average molecular weight is 366 g/mol. The number of nitrogens with zero attached hydrogens (tertiary/aromatic N) is 2. The largest absolute Gasteiger partial charge is 0.410 e. The van der Waals surface area contributed by atoms with Crippen LogP contribution >= 0.6 is 23.1 Å². The summed E-state index contributed by atoms with van der Waals surface area (Å²) in [6.07, 6.45) is 5.62. The summed E-state index contributed by atoms with van der Waals surface area (Å²) in [5.74, 6) is 1.63. The van der Waals surface area contributed by atoms with Crippen LogP contribution in [0.4, 0.5) is 0 Å². The van der Waals surface area contributed by atoms with Gasteiger partial charge in [0.2, 0.25) is 5.91 Å². The van der Waals surface area contributed by atoms with E-state index in [1.54, 1.807) is 11.3 Å². The number of nitrogens with one attached hydrogen (secondary N) is 1. The van der Waals surface area contributed by atoms with E-state index in [2.05, 4.69) is 35.4 Å². The van der Waals surface area contributed by atoms with Crippen molar-refractivity contribution in [2.45, 2.75) is 51.2 Å². The molecule has 1 atom stereocenters. The Morgan fingerprint density at radius 2 is 2.38 bits per heavy atom. The van der Waals surface area contributed by atoms with Crippen LogP contribution in [0, 0.1) is 5.92 Å². The van der Waals surface area contributed by atoms with Crippen LogP contribution < -0.4 is 5.32 Å². The molecule has 0 fully saturated rings. The van der Waals surface area contributed by atoms with Crippen molar-refractivity contribution >= 4 is 29.0 Å². The number of thioether (sulfide) groups is 1. The molecule has 7 heteroatoms. The van der Waals surface area contributed by atoms with Gasteiger partial charge in [0.15, 0.2) is 0 Å². The number of carbonyl (C=O) groups excluding carboxylic acids is 1. The van der Waals surface area contributed by atoms with E-state index < -0.39 is 0 Å². The standard InChI is InChI=1S/C17H23N3O2S2/c1-3-4-7-18-15(21)10-23-17-20-19-16(22-17)14-9-12-8-11(2)5-6-13(12)24-14/h9,11H,3-8,10H2,1-2H3,(H,18,21)/t11-/m0/s1. The number of hydrogen-bond donors (Lipinski definition) is 1. The molecule has 0 saturated heterocycles. The number of unbranched alkanes of at least 4 members (excludes halogenated alkanes) is 1. The topological polar surface area (TPSA) is 68.0 Å². The van der Waals surface area contributed by atoms with Gasteiger partial charge in [-0.3, -0.25) is 4.79 Å². The summed E-state index contributed by atoms with van der Waals surface area (Å²) >= 11 is 3.05. The molecule has 3 rings (SSSR count). The quantitative estimate of drug-likeness (QED) is 0.595. The van der Waals surface area contributed by atoms with Gasteiger partial charge in [0.25, 0.3) is 11.1 Å². The predicted octanol–water partition coefficient (Wildman–Crippen LogP) is 3.93. The Labute approximate surface area is 150 Å². The second-order valence-corrected chi connectivity index (χ2v) is 8.34. The average Bonchev–Trinajstić information content (AvgIpc) is 3.19. The van der Waals surface area contributed by atoms with Crippen molar-refractivity contribution in [2.75, 3.05) is 12.3 Å². The Hall–Kier alpha value is -1.34. The van der Waals surface area contributed by atoms with E-state index in [9.17, 15) is 4.79 Å². The van der Waals surface area contributed by atoms with Gasteiger partial charge in [-0.05, 0) is 43.2 Å². The molecular weight excluding hydrogens is 342 g/mol. The van der Waals surface area contributed by atoms with Crippen molar-refractivity contribution in [3.05, 3.63) is 16.5 Å². The summed E-state index contributed by atoms with van der Waals surface area (Å²) in [6, 6.07) is 2.19. The lowest BCUT2D eigenvalue weighted by molar-refractivity contribution is -0.118. The summed E-state index contributed by atoms with van der Waals surface area (Å²) in [7, 11) is 0. The minimum absolute atomic E-state index is 0.00813. The van der Waals surface area contributed by atoms with E-state index in [1.165, 1.54) is 28.6 Å². The molecule has 0 saturated carbocycles. The van der Waals surface area contributed by atoms with Crippen LogP contribution in [-0.4, -0.2) is 28.4 Å². The van der Waals surface area contributed by atoms with Crippen LogP contribution in [0.1, 0.15) is 43.6 Å². The summed E-state index contributed by atoms with van der Waals surface area (Å²) in [6.45, 7) is 5.13. The van der Waals surface area contributed by atoms with Gasteiger partial charge in [-0.2, -0.15) is 0 Å². The van der Waals surface area contributed by atoms with Crippen LogP contribution in [0.15, 0.2) is 15.7 Å². The van der Waals surface area contributed by atoms with Gasteiger partial charge in [0.05, 0.1) is 10.6 Å². The maximum Gasteiger partial charge on any atom is 0.277 e. The fraction of sp³-hybridized carbons (Fsp3) is 0.588. The van der Waals surface area contributed by atoms with Crippen LogP contribution in [-0.2, 0) is 17.6 Å². The summed E-state index contributed by atoms with van der Waals surface area (Å²) < 4.78 is 5.72. The smallest absolute Gasteiger partial charge is 0.277 e. The molecule has 0 spiro atoms. The zero-order chi connectivity index (χ0) is 16.9. The Morgan fingerprint density at radius 3 is 3.21 bits per heavy atom. The summed E-state index contributed by atoms with van der Waals surface area (Å²) in [4.78, 5) is 14.2. The second kappa shape index (κ2) is 8.16.